The van der Waals surface area contributed by atoms with Gasteiger partial charge >= 0.3 is 0 Å². The van der Waals surface area contributed by atoms with Gasteiger partial charge in [0.05, 0.1) is 25.1 Å². The Hall–Kier alpha value is -2.69. The largest absolute Gasteiger partial charge is 0.378 e. The summed E-state index contributed by atoms with van der Waals surface area (Å²) >= 11 is 1.63. The number of benzene rings is 1. The van der Waals surface area contributed by atoms with Crippen molar-refractivity contribution in [3.8, 4) is 11.3 Å². The number of hydrogen-bond donors (Lipinski definition) is 0. The highest BCUT2D eigenvalue weighted by atomic mass is 32.1. The van der Waals surface area contributed by atoms with Crippen LogP contribution < -0.4 is 9.80 Å². The van der Waals surface area contributed by atoms with Crippen molar-refractivity contribution in [2.75, 3.05) is 82.4 Å². The van der Waals surface area contributed by atoms with E-state index in [1.54, 1.807) is 11.3 Å². The Balaban J connectivity index is 1.07. The number of piperazine rings is 1. The predicted octanol–water partition coefficient (Wildman–Crippen LogP) is 2.28. The fourth-order valence-electron chi connectivity index (χ4n) is 5.22. The standard InChI is InChI=1S/C25H33N7O2S/c1-28-10-12-30(13-11-28)23(33)20-6-8-31(9-7-20)25-27-32-18-22(26-24(32)35-25)19-2-4-21(5-3-19)29-14-16-34-17-15-29/h2-5,18,20H,6-17H2,1H3. The number of piperidine rings is 1. The smallest absolute Gasteiger partial charge is 0.225 e. The molecule has 5 heterocycles. The van der Waals surface area contributed by atoms with Crippen LogP contribution >= 0.6 is 11.3 Å². The van der Waals surface area contributed by atoms with Crippen molar-refractivity contribution < 1.29 is 9.53 Å². The van der Waals surface area contributed by atoms with Crippen LogP contribution in [-0.2, 0) is 9.53 Å². The Morgan fingerprint density at radius 1 is 0.943 bits per heavy atom. The average Bonchev–Trinajstić information content (AvgIpc) is 3.49. The summed E-state index contributed by atoms with van der Waals surface area (Å²) in [5.74, 6) is 0.488. The summed E-state index contributed by atoms with van der Waals surface area (Å²) in [5.41, 5.74) is 3.28. The van der Waals surface area contributed by atoms with Gasteiger partial charge in [-0.25, -0.2) is 9.50 Å². The number of nitrogens with zero attached hydrogens (tertiary/aromatic N) is 7. The van der Waals surface area contributed by atoms with Crippen LogP contribution in [0.15, 0.2) is 30.5 Å². The SMILES string of the molecule is CN1CCN(C(=O)C2CCN(c3nn4cc(-c5ccc(N6CCOCC6)cc5)nc4s3)CC2)CC1. The predicted molar refractivity (Wildman–Crippen MR) is 138 cm³/mol. The summed E-state index contributed by atoms with van der Waals surface area (Å²) < 4.78 is 7.35. The molecule has 0 N–H and O–H groups in total. The Morgan fingerprint density at radius 2 is 1.66 bits per heavy atom. The molecule has 10 heteroatoms. The fourth-order valence-corrected chi connectivity index (χ4v) is 6.16. The Morgan fingerprint density at radius 3 is 2.34 bits per heavy atom. The fraction of sp³-hybridized carbons (Fsp3) is 0.560. The molecule has 3 fully saturated rings. The Kier molecular flexibility index (Phi) is 6.34. The molecule has 35 heavy (non-hydrogen) atoms. The van der Waals surface area contributed by atoms with E-state index in [1.165, 1.54) is 5.69 Å². The average molecular weight is 496 g/mol. The number of rotatable bonds is 4. The van der Waals surface area contributed by atoms with Gasteiger partial charge in [-0.3, -0.25) is 4.79 Å². The monoisotopic (exact) mass is 495 g/mol. The quantitative estimate of drug-likeness (QED) is 0.550. The molecule has 3 aliphatic rings. The van der Waals surface area contributed by atoms with Gasteiger partial charge in [-0.05, 0) is 32.0 Å². The van der Waals surface area contributed by atoms with Crippen molar-refractivity contribution in [3.63, 3.8) is 0 Å². The van der Waals surface area contributed by atoms with Gasteiger partial charge in [0.15, 0.2) is 0 Å². The number of aromatic nitrogens is 3. The molecular weight excluding hydrogens is 462 g/mol. The first kappa shape index (κ1) is 22.8. The molecule has 1 amide bonds. The van der Waals surface area contributed by atoms with Crippen molar-refractivity contribution in [2.45, 2.75) is 12.8 Å². The van der Waals surface area contributed by atoms with E-state index < -0.39 is 0 Å². The van der Waals surface area contributed by atoms with Gasteiger partial charge in [0.2, 0.25) is 16.0 Å². The van der Waals surface area contributed by atoms with Crippen LogP contribution in [0.4, 0.5) is 10.8 Å². The lowest BCUT2D eigenvalue weighted by molar-refractivity contribution is -0.137. The number of fused-ring (bicyclic) bond motifs is 1. The molecule has 0 saturated carbocycles. The molecule has 3 aromatic rings. The molecule has 0 radical (unpaired) electrons. The highest BCUT2D eigenvalue weighted by molar-refractivity contribution is 7.20. The van der Waals surface area contributed by atoms with E-state index in [0.29, 0.717) is 5.91 Å². The van der Waals surface area contributed by atoms with Crippen LogP contribution in [0.3, 0.4) is 0 Å². The number of carbonyl (C=O) groups is 1. The van der Waals surface area contributed by atoms with Gasteiger partial charge < -0.3 is 24.3 Å². The zero-order valence-electron chi connectivity index (χ0n) is 20.3. The first-order chi connectivity index (χ1) is 17.1. The van der Waals surface area contributed by atoms with Crippen LogP contribution in [0.25, 0.3) is 16.2 Å². The van der Waals surface area contributed by atoms with Gasteiger partial charge in [-0.1, -0.05) is 23.5 Å². The third-order valence-corrected chi connectivity index (χ3v) is 8.48. The zero-order chi connectivity index (χ0) is 23.8. The first-order valence-electron chi connectivity index (χ1n) is 12.7. The summed E-state index contributed by atoms with van der Waals surface area (Å²) in [5, 5.41) is 5.81. The third-order valence-electron chi connectivity index (χ3n) is 7.50. The number of anilines is 2. The third kappa shape index (κ3) is 4.74. The minimum atomic E-state index is 0.144. The summed E-state index contributed by atoms with van der Waals surface area (Å²) in [6.45, 7) is 8.87. The number of carbonyl (C=O) groups excluding carboxylic acids is 1. The number of likely N-dealkylation sites (N-methyl/N-ethyl adjacent to an activating group) is 1. The van der Waals surface area contributed by atoms with Gasteiger partial charge in [-0.15, -0.1) is 5.10 Å². The second kappa shape index (κ2) is 9.75. The lowest BCUT2D eigenvalue weighted by atomic mass is 9.95. The van der Waals surface area contributed by atoms with Crippen LogP contribution in [0.1, 0.15) is 12.8 Å². The minimum Gasteiger partial charge on any atom is -0.378 e. The van der Waals surface area contributed by atoms with Crippen molar-refractivity contribution in [2.24, 2.45) is 5.92 Å². The molecule has 0 atom stereocenters. The maximum absolute atomic E-state index is 12.9. The van der Waals surface area contributed by atoms with Gasteiger partial charge in [0.25, 0.3) is 0 Å². The highest BCUT2D eigenvalue weighted by Gasteiger charge is 2.31. The molecule has 0 spiro atoms. The molecule has 3 saturated heterocycles. The van der Waals surface area contributed by atoms with Crippen LogP contribution in [-0.4, -0.2) is 103 Å². The van der Waals surface area contributed by atoms with Crippen molar-refractivity contribution in [3.05, 3.63) is 30.5 Å². The van der Waals surface area contributed by atoms with Gasteiger partial charge in [0, 0.05) is 69.5 Å². The van der Waals surface area contributed by atoms with Gasteiger partial charge in [0.1, 0.15) is 0 Å². The van der Waals surface area contributed by atoms with Crippen molar-refractivity contribution >= 4 is 33.0 Å². The number of amides is 1. The molecule has 0 bridgehead atoms. The molecule has 3 aliphatic heterocycles. The Bertz CT molecular complexity index is 1120. The minimum absolute atomic E-state index is 0.144. The van der Waals surface area contributed by atoms with E-state index in [-0.39, 0.29) is 5.92 Å². The topological polar surface area (TPSA) is 69.5 Å². The molecule has 0 unspecified atom stereocenters. The lowest BCUT2D eigenvalue weighted by Gasteiger charge is -2.37. The van der Waals surface area contributed by atoms with E-state index in [2.05, 4.69) is 50.9 Å². The van der Waals surface area contributed by atoms with Crippen LogP contribution in [0.5, 0.6) is 0 Å². The van der Waals surface area contributed by atoms with Crippen LogP contribution in [0.2, 0.25) is 0 Å². The van der Waals surface area contributed by atoms with E-state index in [1.807, 2.05) is 10.7 Å². The van der Waals surface area contributed by atoms with E-state index in [0.717, 1.165) is 99.8 Å². The Labute approximate surface area is 209 Å². The summed E-state index contributed by atoms with van der Waals surface area (Å²) in [6, 6.07) is 8.61. The number of morpholine rings is 1. The van der Waals surface area contributed by atoms with Crippen molar-refractivity contribution in [1.29, 1.82) is 0 Å². The van der Waals surface area contributed by atoms with E-state index in [9.17, 15) is 4.79 Å². The van der Waals surface area contributed by atoms with Gasteiger partial charge in [-0.2, -0.15) is 0 Å². The van der Waals surface area contributed by atoms with Crippen LogP contribution in [0, 0.1) is 5.92 Å². The normalized spacial score (nSPS) is 20.7. The van der Waals surface area contributed by atoms with Crippen molar-refractivity contribution in [1.82, 2.24) is 24.4 Å². The molecule has 9 nitrogen and oxygen atoms in total. The van der Waals surface area contributed by atoms with E-state index in [4.69, 9.17) is 14.8 Å². The molecule has 6 rings (SSSR count). The van der Waals surface area contributed by atoms with E-state index >= 15 is 0 Å². The summed E-state index contributed by atoms with van der Waals surface area (Å²) in [7, 11) is 2.12. The maximum Gasteiger partial charge on any atom is 0.225 e. The second-order valence-corrected chi connectivity index (χ2v) is 10.7. The highest BCUT2D eigenvalue weighted by Crippen LogP contribution is 2.31. The molecule has 1 aromatic carbocycles. The molecule has 0 aliphatic carbocycles. The lowest BCUT2D eigenvalue weighted by Crippen LogP contribution is -2.50. The first-order valence-corrected chi connectivity index (χ1v) is 13.5. The zero-order valence-corrected chi connectivity index (χ0v) is 21.1. The molecule has 186 valence electrons. The molecule has 2 aromatic heterocycles. The number of ether oxygens (including phenoxy) is 1. The summed E-state index contributed by atoms with van der Waals surface area (Å²) in [6.07, 6.45) is 3.81. The number of hydrogen-bond acceptors (Lipinski definition) is 8. The molecular formula is C25H33N7O2S. The maximum atomic E-state index is 12.9. The summed E-state index contributed by atoms with van der Waals surface area (Å²) in [4.78, 5) is 27.7. The second-order valence-electron chi connectivity index (χ2n) is 9.77. The number of imidazole rings is 1.